The van der Waals surface area contributed by atoms with Gasteiger partial charge in [0, 0.05) is 5.41 Å². The average Bonchev–Trinajstić information content (AvgIpc) is 2.64. The van der Waals surface area contributed by atoms with Crippen molar-refractivity contribution in [1.82, 2.24) is 0 Å². The number of hydrogen-bond acceptors (Lipinski definition) is 2. The van der Waals surface area contributed by atoms with Crippen LogP contribution in [0.2, 0.25) is 0 Å². The van der Waals surface area contributed by atoms with E-state index in [4.69, 9.17) is 0 Å². The van der Waals surface area contributed by atoms with E-state index < -0.39 is 15.3 Å². The van der Waals surface area contributed by atoms with Crippen LogP contribution in [0.15, 0.2) is 89.8 Å². The Morgan fingerprint density at radius 1 is 0.667 bits per heavy atom. The van der Waals surface area contributed by atoms with Crippen LogP contribution >= 0.6 is 0 Å². The van der Waals surface area contributed by atoms with Crippen LogP contribution in [0.3, 0.4) is 0 Å². The van der Waals surface area contributed by atoms with Gasteiger partial charge in [0.15, 0.2) is 9.84 Å². The molecule has 1 aliphatic heterocycles. The van der Waals surface area contributed by atoms with Gasteiger partial charge >= 0.3 is 0 Å². The molecule has 2 nitrogen and oxygen atoms in total. The first-order valence-electron chi connectivity index (χ1n) is 8.08. The monoisotopic (exact) mass is 334 g/mol. The Kier molecular flexibility index (Phi) is 3.54. The van der Waals surface area contributed by atoms with Crippen molar-refractivity contribution in [2.24, 2.45) is 0 Å². The highest BCUT2D eigenvalue weighted by molar-refractivity contribution is 7.91. The van der Waals surface area contributed by atoms with E-state index in [2.05, 4.69) is 24.3 Å². The third-order valence-corrected chi connectivity index (χ3v) is 6.73. The van der Waals surface area contributed by atoms with Crippen molar-refractivity contribution in [3.8, 4) is 0 Å². The summed E-state index contributed by atoms with van der Waals surface area (Å²) in [6, 6.07) is 27.9. The van der Waals surface area contributed by atoms with Gasteiger partial charge in [-0.2, -0.15) is 0 Å². The second kappa shape index (κ2) is 5.60. The topological polar surface area (TPSA) is 34.1 Å². The van der Waals surface area contributed by atoms with Crippen LogP contribution in [0.4, 0.5) is 0 Å². The molecule has 0 unspecified atom stereocenters. The summed E-state index contributed by atoms with van der Waals surface area (Å²) < 4.78 is 25.2. The summed E-state index contributed by atoms with van der Waals surface area (Å²) in [4.78, 5) is 0.462. The van der Waals surface area contributed by atoms with Gasteiger partial charge in [-0.3, -0.25) is 0 Å². The number of sulfone groups is 1. The molecule has 0 radical (unpaired) electrons. The van der Waals surface area contributed by atoms with E-state index in [9.17, 15) is 8.42 Å². The van der Waals surface area contributed by atoms with Crippen LogP contribution in [-0.2, 0) is 15.3 Å². The highest BCUT2D eigenvalue weighted by Crippen LogP contribution is 2.47. The minimum atomic E-state index is -3.23. The quantitative estimate of drug-likeness (QED) is 0.704. The molecule has 0 aliphatic carbocycles. The van der Waals surface area contributed by atoms with E-state index in [-0.39, 0.29) is 5.75 Å². The molecule has 24 heavy (non-hydrogen) atoms. The zero-order valence-corrected chi connectivity index (χ0v) is 14.0. The molecule has 0 atom stereocenters. The van der Waals surface area contributed by atoms with E-state index in [0.717, 1.165) is 16.7 Å². The summed E-state index contributed by atoms with van der Waals surface area (Å²) in [5.41, 5.74) is 2.73. The fourth-order valence-corrected chi connectivity index (χ4v) is 5.49. The largest absolute Gasteiger partial charge is 0.224 e. The molecule has 0 saturated carbocycles. The Balaban J connectivity index is 2.10. The molecule has 0 N–H and O–H groups in total. The van der Waals surface area contributed by atoms with Gasteiger partial charge in [0.25, 0.3) is 0 Å². The molecule has 3 heteroatoms. The predicted molar refractivity (Wildman–Crippen MR) is 95.9 cm³/mol. The van der Waals surface area contributed by atoms with Gasteiger partial charge in [-0.05, 0) is 29.2 Å². The first-order valence-corrected chi connectivity index (χ1v) is 9.73. The summed E-state index contributed by atoms with van der Waals surface area (Å²) in [6.07, 6.45) is 0.556. The zero-order valence-electron chi connectivity index (χ0n) is 13.2. The normalized spacial score (nSPS) is 17.8. The Morgan fingerprint density at radius 3 is 1.75 bits per heavy atom. The van der Waals surface area contributed by atoms with Crippen LogP contribution in [-0.4, -0.2) is 14.2 Å². The summed E-state index contributed by atoms with van der Waals surface area (Å²) >= 11 is 0. The van der Waals surface area contributed by atoms with Crippen LogP contribution in [0, 0.1) is 0 Å². The first-order chi connectivity index (χ1) is 11.6. The molecular weight excluding hydrogens is 316 g/mol. The maximum absolute atomic E-state index is 12.6. The third-order valence-electron chi connectivity index (χ3n) is 4.96. The molecule has 120 valence electrons. The smallest absolute Gasteiger partial charge is 0.178 e. The zero-order chi connectivity index (χ0) is 16.6. The van der Waals surface area contributed by atoms with E-state index in [0.29, 0.717) is 11.3 Å². The maximum atomic E-state index is 12.6. The van der Waals surface area contributed by atoms with Crippen molar-refractivity contribution in [2.75, 3.05) is 5.75 Å². The lowest BCUT2D eigenvalue weighted by atomic mass is 9.67. The Bertz CT molecular complexity index is 921. The fourth-order valence-electron chi connectivity index (χ4n) is 3.83. The van der Waals surface area contributed by atoms with Crippen LogP contribution in [0.25, 0.3) is 0 Å². The molecule has 1 heterocycles. The SMILES string of the molecule is O=S1(=O)CCC(c2ccccc2)(c2ccccc2)c2ccccc21. The summed E-state index contributed by atoms with van der Waals surface area (Å²) in [5, 5.41) is 0. The molecule has 0 spiro atoms. The van der Waals surface area contributed by atoms with Crippen LogP contribution in [0.5, 0.6) is 0 Å². The summed E-state index contributed by atoms with van der Waals surface area (Å²) in [5.74, 6) is 0.161. The van der Waals surface area contributed by atoms with Crippen molar-refractivity contribution in [3.05, 3.63) is 102 Å². The molecule has 0 fully saturated rings. The highest BCUT2D eigenvalue weighted by Gasteiger charge is 2.44. The molecule has 3 aromatic rings. The molecule has 0 aromatic heterocycles. The fraction of sp³-hybridized carbons (Fsp3) is 0.143. The number of benzene rings is 3. The summed E-state index contributed by atoms with van der Waals surface area (Å²) in [6.45, 7) is 0. The van der Waals surface area contributed by atoms with Gasteiger partial charge in [0.2, 0.25) is 0 Å². The van der Waals surface area contributed by atoms with E-state index in [1.54, 1.807) is 6.07 Å². The van der Waals surface area contributed by atoms with Crippen LogP contribution in [0.1, 0.15) is 23.1 Å². The number of hydrogen-bond donors (Lipinski definition) is 0. The molecular formula is C21H18O2S. The Morgan fingerprint density at radius 2 is 1.17 bits per heavy atom. The van der Waals surface area contributed by atoms with E-state index in [1.165, 1.54) is 0 Å². The highest BCUT2D eigenvalue weighted by atomic mass is 32.2. The van der Waals surface area contributed by atoms with Gasteiger partial charge in [-0.25, -0.2) is 8.42 Å². The third kappa shape index (κ3) is 2.20. The molecule has 0 saturated heterocycles. The second-order valence-electron chi connectivity index (χ2n) is 6.20. The molecule has 1 aliphatic rings. The van der Waals surface area contributed by atoms with Crippen molar-refractivity contribution < 1.29 is 8.42 Å². The average molecular weight is 334 g/mol. The lowest BCUT2D eigenvalue weighted by Crippen LogP contribution is -2.37. The van der Waals surface area contributed by atoms with E-state index >= 15 is 0 Å². The molecule has 3 aromatic carbocycles. The second-order valence-corrected chi connectivity index (χ2v) is 8.28. The standard InChI is InChI=1S/C21H18O2S/c22-24(23)16-15-21(17-9-3-1-4-10-17,18-11-5-2-6-12-18)19-13-7-8-14-20(19)24/h1-14H,15-16H2. The minimum Gasteiger partial charge on any atom is -0.224 e. The minimum absolute atomic E-state index is 0.161. The lowest BCUT2D eigenvalue weighted by Gasteiger charge is -2.40. The molecule has 0 amide bonds. The predicted octanol–water partition coefficient (Wildman–Crippen LogP) is 4.20. The number of fused-ring (bicyclic) bond motifs is 1. The van der Waals surface area contributed by atoms with Crippen molar-refractivity contribution >= 4 is 9.84 Å². The maximum Gasteiger partial charge on any atom is 0.178 e. The first kappa shape index (κ1) is 15.2. The van der Waals surface area contributed by atoms with Crippen molar-refractivity contribution in [1.29, 1.82) is 0 Å². The summed E-state index contributed by atoms with van der Waals surface area (Å²) in [7, 11) is -3.23. The Hall–Kier alpha value is -2.39. The van der Waals surface area contributed by atoms with Gasteiger partial charge in [-0.15, -0.1) is 0 Å². The Labute approximate surface area is 142 Å². The van der Waals surface area contributed by atoms with Gasteiger partial charge in [-0.1, -0.05) is 78.9 Å². The van der Waals surface area contributed by atoms with Gasteiger partial charge in [0.05, 0.1) is 10.6 Å². The molecule has 0 bridgehead atoms. The van der Waals surface area contributed by atoms with Crippen LogP contribution < -0.4 is 0 Å². The molecule has 4 rings (SSSR count). The number of rotatable bonds is 2. The lowest BCUT2D eigenvalue weighted by molar-refractivity contribution is 0.533. The van der Waals surface area contributed by atoms with Gasteiger partial charge in [0.1, 0.15) is 0 Å². The van der Waals surface area contributed by atoms with E-state index in [1.807, 2.05) is 54.6 Å². The van der Waals surface area contributed by atoms with Crippen molar-refractivity contribution in [3.63, 3.8) is 0 Å². The van der Waals surface area contributed by atoms with Gasteiger partial charge < -0.3 is 0 Å². The van der Waals surface area contributed by atoms with Crippen molar-refractivity contribution in [2.45, 2.75) is 16.7 Å².